The summed E-state index contributed by atoms with van der Waals surface area (Å²) in [6.45, 7) is 8.27. The highest BCUT2D eigenvalue weighted by Gasteiger charge is 2.22. The van der Waals surface area contributed by atoms with Crippen molar-refractivity contribution in [2.24, 2.45) is 0 Å². The zero-order valence-corrected chi connectivity index (χ0v) is 11.8. The predicted octanol–water partition coefficient (Wildman–Crippen LogP) is 2.62. The Bertz CT molecular complexity index is 350. The van der Waals surface area contributed by atoms with Crippen molar-refractivity contribution in [1.29, 1.82) is 0 Å². The zero-order chi connectivity index (χ0) is 12.2. The Morgan fingerprint density at radius 1 is 1.38 bits per heavy atom. The largest absolute Gasteiger partial charge is 0.395 e. The molecule has 1 rings (SSSR count). The van der Waals surface area contributed by atoms with Crippen LogP contribution < -0.4 is 5.32 Å². The first-order valence-electron chi connectivity index (χ1n) is 5.55. The summed E-state index contributed by atoms with van der Waals surface area (Å²) in [5, 5.41) is 12.0. The van der Waals surface area contributed by atoms with E-state index in [0.29, 0.717) is 6.54 Å². The number of hydrogen-bond acceptors (Lipinski definition) is 2. The van der Waals surface area contributed by atoms with E-state index >= 15 is 0 Å². The fourth-order valence-corrected chi connectivity index (χ4v) is 2.26. The Hall–Kier alpha value is -0.380. The molecule has 0 unspecified atom stereocenters. The second-order valence-corrected chi connectivity index (χ2v) is 5.66. The molecule has 0 saturated heterocycles. The van der Waals surface area contributed by atoms with Gasteiger partial charge in [0, 0.05) is 23.0 Å². The van der Waals surface area contributed by atoms with Gasteiger partial charge in [0.05, 0.1) is 6.61 Å². The van der Waals surface area contributed by atoms with Crippen LogP contribution in [0.3, 0.4) is 0 Å². The van der Waals surface area contributed by atoms with Crippen molar-refractivity contribution in [2.45, 2.75) is 26.2 Å². The van der Waals surface area contributed by atoms with Gasteiger partial charge in [-0.25, -0.2) is 0 Å². The molecule has 0 amide bonds. The highest BCUT2D eigenvalue weighted by molar-refractivity contribution is 9.10. The first kappa shape index (κ1) is 13.7. The molecule has 0 atom stereocenters. The molecular formula is C13H20BrNO. The molecule has 0 fully saturated rings. The Morgan fingerprint density at radius 3 is 2.69 bits per heavy atom. The molecule has 0 saturated carbocycles. The van der Waals surface area contributed by atoms with Crippen molar-refractivity contribution in [2.75, 3.05) is 19.7 Å². The van der Waals surface area contributed by atoms with Crippen molar-refractivity contribution in [1.82, 2.24) is 5.32 Å². The summed E-state index contributed by atoms with van der Waals surface area (Å²) in [6.07, 6.45) is 0. The average molecular weight is 286 g/mol. The molecule has 0 aliphatic heterocycles. The summed E-state index contributed by atoms with van der Waals surface area (Å²) in [5.41, 5.74) is 2.72. The number of aliphatic hydroxyl groups excluding tert-OH is 1. The maximum atomic E-state index is 8.76. The molecule has 3 heteroatoms. The van der Waals surface area contributed by atoms with Gasteiger partial charge in [0.25, 0.3) is 0 Å². The Labute approximate surface area is 106 Å². The summed E-state index contributed by atoms with van der Waals surface area (Å²) in [5.74, 6) is 0. The maximum Gasteiger partial charge on any atom is 0.0555 e. The van der Waals surface area contributed by atoms with Gasteiger partial charge in [0.1, 0.15) is 0 Å². The Balaban J connectivity index is 2.83. The minimum Gasteiger partial charge on any atom is -0.395 e. The third kappa shape index (κ3) is 3.58. The molecule has 1 aromatic rings. The normalized spacial score (nSPS) is 11.8. The van der Waals surface area contributed by atoms with Crippen LogP contribution in [-0.4, -0.2) is 24.8 Å². The van der Waals surface area contributed by atoms with E-state index in [4.69, 9.17) is 5.11 Å². The third-order valence-corrected chi connectivity index (χ3v) is 3.28. The lowest BCUT2D eigenvalue weighted by molar-refractivity contribution is 0.286. The Kier molecular flexibility index (Phi) is 4.96. The van der Waals surface area contributed by atoms with Crippen molar-refractivity contribution in [3.05, 3.63) is 33.8 Å². The molecule has 0 aliphatic carbocycles. The topological polar surface area (TPSA) is 32.3 Å². The summed E-state index contributed by atoms with van der Waals surface area (Å²) in [6, 6.07) is 6.37. The van der Waals surface area contributed by atoms with Gasteiger partial charge < -0.3 is 10.4 Å². The van der Waals surface area contributed by atoms with Gasteiger partial charge in [0.15, 0.2) is 0 Å². The molecule has 0 aromatic heterocycles. The molecule has 0 spiro atoms. The molecule has 0 heterocycles. The average Bonchev–Trinajstić information content (AvgIpc) is 2.22. The van der Waals surface area contributed by atoms with Gasteiger partial charge in [-0.1, -0.05) is 35.8 Å². The highest BCUT2D eigenvalue weighted by atomic mass is 79.9. The van der Waals surface area contributed by atoms with Gasteiger partial charge in [0.2, 0.25) is 0 Å². The van der Waals surface area contributed by atoms with Gasteiger partial charge in [-0.2, -0.15) is 0 Å². The molecule has 16 heavy (non-hydrogen) atoms. The standard InChI is InChI=1S/C13H20BrNO/c1-10-4-5-11(14)8-12(10)13(2,3)9-15-6-7-16/h4-5,8,15-16H,6-7,9H2,1-3H3. The first-order valence-corrected chi connectivity index (χ1v) is 6.35. The van der Waals surface area contributed by atoms with E-state index in [0.717, 1.165) is 11.0 Å². The fourth-order valence-electron chi connectivity index (χ4n) is 1.90. The molecule has 2 nitrogen and oxygen atoms in total. The zero-order valence-electron chi connectivity index (χ0n) is 10.2. The number of nitrogens with one attached hydrogen (secondary N) is 1. The molecule has 0 radical (unpaired) electrons. The number of rotatable bonds is 5. The van der Waals surface area contributed by atoms with Crippen LogP contribution in [0.25, 0.3) is 0 Å². The van der Waals surface area contributed by atoms with Gasteiger partial charge in [-0.05, 0) is 30.2 Å². The van der Waals surface area contributed by atoms with Crippen LogP contribution in [0.1, 0.15) is 25.0 Å². The SMILES string of the molecule is Cc1ccc(Br)cc1C(C)(C)CNCCO. The summed E-state index contributed by atoms with van der Waals surface area (Å²) >= 11 is 3.51. The van der Waals surface area contributed by atoms with E-state index in [-0.39, 0.29) is 12.0 Å². The lowest BCUT2D eigenvalue weighted by Gasteiger charge is -2.27. The lowest BCUT2D eigenvalue weighted by Crippen LogP contribution is -2.35. The number of halogens is 1. The molecule has 0 aliphatic rings. The quantitative estimate of drug-likeness (QED) is 0.816. The van der Waals surface area contributed by atoms with Crippen LogP contribution in [0.15, 0.2) is 22.7 Å². The van der Waals surface area contributed by atoms with E-state index < -0.39 is 0 Å². The van der Waals surface area contributed by atoms with Crippen molar-refractivity contribution in [3.8, 4) is 0 Å². The molecule has 2 N–H and O–H groups in total. The minimum absolute atomic E-state index is 0.0725. The summed E-state index contributed by atoms with van der Waals surface area (Å²) in [4.78, 5) is 0. The van der Waals surface area contributed by atoms with E-state index in [1.54, 1.807) is 0 Å². The third-order valence-electron chi connectivity index (χ3n) is 2.78. The monoisotopic (exact) mass is 285 g/mol. The highest BCUT2D eigenvalue weighted by Crippen LogP contribution is 2.28. The first-order chi connectivity index (χ1) is 7.47. The number of hydrogen-bond donors (Lipinski definition) is 2. The summed E-state index contributed by atoms with van der Waals surface area (Å²) < 4.78 is 1.11. The molecule has 1 aromatic carbocycles. The molecule has 90 valence electrons. The van der Waals surface area contributed by atoms with Crippen molar-refractivity contribution >= 4 is 15.9 Å². The molecule has 0 bridgehead atoms. The van der Waals surface area contributed by atoms with Crippen LogP contribution in [0.2, 0.25) is 0 Å². The second-order valence-electron chi connectivity index (χ2n) is 4.74. The van der Waals surface area contributed by atoms with E-state index in [1.165, 1.54) is 11.1 Å². The summed E-state index contributed by atoms with van der Waals surface area (Å²) in [7, 11) is 0. The molecular weight excluding hydrogens is 266 g/mol. The van der Waals surface area contributed by atoms with E-state index in [1.807, 2.05) is 0 Å². The number of aryl methyl sites for hydroxylation is 1. The van der Waals surface area contributed by atoms with Crippen LogP contribution >= 0.6 is 15.9 Å². The number of aliphatic hydroxyl groups is 1. The number of benzene rings is 1. The van der Waals surface area contributed by atoms with Crippen LogP contribution in [0.5, 0.6) is 0 Å². The fraction of sp³-hybridized carbons (Fsp3) is 0.538. The van der Waals surface area contributed by atoms with Gasteiger partial charge in [-0.15, -0.1) is 0 Å². The van der Waals surface area contributed by atoms with E-state index in [9.17, 15) is 0 Å². The van der Waals surface area contributed by atoms with Crippen molar-refractivity contribution in [3.63, 3.8) is 0 Å². The van der Waals surface area contributed by atoms with Crippen LogP contribution in [0, 0.1) is 6.92 Å². The minimum atomic E-state index is 0.0725. The van der Waals surface area contributed by atoms with Gasteiger partial charge >= 0.3 is 0 Å². The van der Waals surface area contributed by atoms with Crippen molar-refractivity contribution < 1.29 is 5.11 Å². The van der Waals surface area contributed by atoms with Gasteiger partial charge in [-0.3, -0.25) is 0 Å². The van der Waals surface area contributed by atoms with E-state index in [2.05, 4.69) is 60.2 Å². The maximum absolute atomic E-state index is 8.76. The predicted molar refractivity (Wildman–Crippen MR) is 71.9 cm³/mol. The van der Waals surface area contributed by atoms with Crippen LogP contribution in [-0.2, 0) is 5.41 Å². The lowest BCUT2D eigenvalue weighted by atomic mass is 9.82. The van der Waals surface area contributed by atoms with Crippen LogP contribution in [0.4, 0.5) is 0 Å². The second kappa shape index (κ2) is 5.80. The Morgan fingerprint density at radius 2 is 2.06 bits per heavy atom. The smallest absolute Gasteiger partial charge is 0.0555 e.